The highest BCUT2D eigenvalue weighted by atomic mass is 16.3. The molecule has 3 N–H and O–H groups in total. The van der Waals surface area contributed by atoms with E-state index in [-0.39, 0.29) is 5.91 Å². The number of hydrogen-bond donors (Lipinski definition) is 3. The quantitative estimate of drug-likeness (QED) is 0.563. The Morgan fingerprint density at radius 3 is 2.92 bits per heavy atom. The highest BCUT2D eigenvalue weighted by molar-refractivity contribution is 5.86. The molecular formula is C9H18N2O2. The van der Waals surface area contributed by atoms with Crippen molar-refractivity contribution in [3.63, 3.8) is 0 Å². The van der Waals surface area contributed by atoms with Gasteiger partial charge >= 0.3 is 0 Å². The van der Waals surface area contributed by atoms with E-state index < -0.39 is 11.6 Å². The second-order valence-corrected chi connectivity index (χ2v) is 3.92. The van der Waals surface area contributed by atoms with Crippen molar-refractivity contribution >= 4 is 5.91 Å². The number of hydrogen-bond acceptors (Lipinski definition) is 3. The van der Waals surface area contributed by atoms with Crippen LogP contribution < -0.4 is 10.6 Å². The van der Waals surface area contributed by atoms with Crippen LogP contribution >= 0.6 is 0 Å². The Kier molecular flexibility index (Phi) is 3.27. The molecule has 0 bridgehead atoms. The summed E-state index contributed by atoms with van der Waals surface area (Å²) in [4.78, 5) is 11.6. The number of aliphatic hydroxyl groups excluding tert-OH is 1. The first-order valence-corrected chi connectivity index (χ1v) is 4.76. The maximum Gasteiger partial charge on any atom is 0.240 e. The molecule has 0 aliphatic carbocycles. The van der Waals surface area contributed by atoms with Crippen molar-refractivity contribution in [1.82, 2.24) is 10.6 Å². The molecule has 76 valence electrons. The first kappa shape index (κ1) is 10.5. The summed E-state index contributed by atoms with van der Waals surface area (Å²) in [6, 6.07) is 0. The van der Waals surface area contributed by atoms with Crippen LogP contribution in [-0.2, 0) is 4.79 Å². The third-order valence-electron chi connectivity index (χ3n) is 2.43. The van der Waals surface area contributed by atoms with E-state index in [9.17, 15) is 4.79 Å². The van der Waals surface area contributed by atoms with Crippen molar-refractivity contribution in [3.05, 3.63) is 0 Å². The van der Waals surface area contributed by atoms with E-state index in [0.717, 1.165) is 19.4 Å². The maximum atomic E-state index is 11.6. The van der Waals surface area contributed by atoms with E-state index in [2.05, 4.69) is 10.6 Å². The minimum atomic E-state index is -0.478. The first-order valence-electron chi connectivity index (χ1n) is 4.76. The molecule has 1 saturated heterocycles. The van der Waals surface area contributed by atoms with Crippen LogP contribution in [0.25, 0.3) is 0 Å². The Balaban J connectivity index is 2.38. The van der Waals surface area contributed by atoms with Gasteiger partial charge in [-0.3, -0.25) is 4.79 Å². The van der Waals surface area contributed by atoms with Gasteiger partial charge in [0.05, 0.1) is 11.6 Å². The summed E-state index contributed by atoms with van der Waals surface area (Å²) in [5.41, 5.74) is -0.422. The lowest BCUT2D eigenvalue weighted by atomic mass is 9.99. The fourth-order valence-corrected chi connectivity index (χ4v) is 1.52. The monoisotopic (exact) mass is 186 g/mol. The molecule has 13 heavy (non-hydrogen) atoms. The molecular weight excluding hydrogens is 168 g/mol. The lowest BCUT2D eigenvalue weighted by Gasteiger charge is -2.23. The summed E-state index contributed by atoms with van der Waals surface area (Å²) in [5.74, 6) is -0.00843. The zero-order chi connectivity index (χ0) is 9.90. The molecule has 0 aromatic heterocycles. The minimum absolute atomic E-state index is 0.00843. The van der Waals surface area contributed by atoms with Crippen LogP contribution in [0.1, 0.15) is 26.7 Å². The summed E-state index contributed by atoms with van der Waals surface area (Å²) < 4.78 is 0. The average molecular weight is 186 g/mol. The van der Waals surface area contributed by atoms with Gasteiger partial charge in [0.25, 0.3) is 0 Å². The predicted octanol–water partition coefficient (Wildman–Crippen LogP) is -0.374. The molecule has 4 nitrogen and oxygen atoms in total. The van der Waals surface area contributed by atoms with Crippen molar-refractivity contribution < 1.29 is 9.90 Å². The predicted molar refractivity (Wildman–Crippen MR) is 50.3 cm³/mol. The topological polar surface area (TPSA) is 61.4 Å². The van der Waals surface area contributed by atoms with E-state index in [1.165, 1.54) is 0 Å². The average Bonchev–Trinajstić information content (AvgIpc) is 2.49. The van der Waals surface area contributed by atoms with Crippen LogP contribution in [-0.4, -0.2) is 35.7 Å². The summed E-state index contributed by atoms with van der Waals surface area (Å²) >= 11 is 0. The number of nitrogens with one attached hydrogen (secondary N) is 2. The SMILES string of the molecule is C[C@H](O)CNC(=O)C1(C)CCCN1. The molecule has 1 aliphatic heterocycles. The van der Waals surface area contributed by atoms with E-state index >= 15 is 0 Å². The molecule has 1 amide bonds. The van der Waals surface area contributed by atoms with Gasteiger partial charge in [0.15, 0.2) is 0 Å². The number of aliphatic hydroxyl groups is 1. The van der Waals surface area contributed by atoms with Crippen molar-refractivity contribution in [2.75, 3.05) is 13.1 Å². The summed E-state index contributed by atoms with van der Waals surface area (Å²) in [6.07, 6.45) is 1.44. The number of rotatable bonds is 3. The van der Waals surface area contributed by atoms with Gasteiger partial charge in [-0.1, -0.05) is 0 Å². The molecule has 4 heteroatoms. The van der Waals surface area contributed by atoms with Gasteiger partial charge < -0.3 is 15.7 Å². The Morgan fingerprint density at radius 1 is 1.77 bits per heavy atom. The zero-order valence-corrected chi connectivity index (χ0v) is 8.26. The van der Waals surface area contributed by atoms with E-state index in [4.69, 9.17) is 5.11 Å². The zero-order valence-electron chi connectivity index (χ0n) is 8.26. The molecule has 1 unspecified atom stereocenters. The summed E-state index contributed by atoms with van der Waals surface area (Å²) in [7, 11) is 0. The molecule has 1 heterocycles. The smallest absolute Gasteiger partial charge is 0.240 e. The Morgan fingerprint density at radius 2 is 2.46 bits per heavy atom. The largest absolute Gasteiger partial charge is 0.392 e. The highest BCUT2D eigenvalue weighted by Gasteiger charge is 2.35. The lowest BCUT2D eigenvalue weighted by molar-refractivity contribution is -0.126. The second kappa shape index (κ2) is 4.07. The first-order chi connectivity index (χ1) is 6.04. The third-order valence-corrected chi connectivity index (χ3v) is 2.43. The van der Waals surface area contributed by atoms with E-state index in [1.54, 1.807) is 6.92 Å². The van der Waals surface area contributed by atoms with Gasteiger partial charge in [-0.05, 0) is 33.2 Å². The van der Waals surface area contributed by atoms with Gasteiger partial charge in [0.2, 0.25) is 5.91 Å². The molecule has 0 aromatic carbocycles. The number of carbonyl (C=O) groups excluding carboxylic acids is 1. The van der Waals surface area contributed by atoms with Crippen molar-refractivity contribution in [3.8, 4) is 0 Å². The minimum Gasteiger partial charge on any atom is -0.392 e. The van der Waals surface area contributed by atoms with Crippen LogP contribution in [0, 0.1) is 0 Å². The molecule has 0 spiro atoms. The number of amides is 1. The van der Waals surface area contributed by atoms with Gasteiger partial charge in [-0.25, -0.2) is 0 Å². The number of carbonyl (C=O) groups is 1. The Labute approximate surface area is 78.7 Å². The van der Waals surface area contributed by atoms with Gasteiger partial charge in [-0.15, -0.1) is 0 Å². The van der Waals surface area contributed by atoms with Gasteiger partial charge in [0, 0.05) is 6.54 Å². The molecule has 1 aliphatic rings. The highest BCUT2D eigenvalue weighted by Crippen LogP contribution is 2.18. The van der Waals surface area contributed by atoms with Crippen molar-refractivity contribution in [2.24, 2.45) is 0 Å². The van der Waals surface area contributed by atoms with Crippen LogP contribution in [0.15, 0.2) is 0 Å². The Hall–Kier alpha value is -0.610. The summed E-state index contributed by atoms with van der Waals surface area (Å²) in [5, 5.41) is 14.9. The van der Waals surface area contributed by atoms with Crippen LogP contribution in [0.2, 0.25) is 0 Å². The van der Waals surface area contributed by atoms with Crippen molar-refractivity contribution in [2.45, 2.75) is 38.3 Å². The van der Waals surface area contributed by atoms with Gasteiger partial charge in [-0.2, -0.15) is 0 Å². The molecule has 0 radical (unpaired) electrons. The third kappa shape index (κ3) is 2.67. The van der Waals surface area contributed by atoms with Crippen molar-refractivity contribution in [1.29, 1.82) is 0 Å². The van der Waals surface area contributed by atoms with Gasteiger partial charge in [0.1, 0.15) is 0 Å². The van der Waals surface area contributed by atoms with E-state index in [0.29, 0.717) is 6.54 Å². The van der Waals surface area contributed by atoms with Crippen LogP contribution in [0.5, 0.6) is 0 Å². The fourth-order valence-electron chi connectivity index (χ4n) is 1.52. The molecule has 1 fully saturated rings. The molecule has 0 aromatic rings. The normalized spacial score (nSPS) is 30.1. The lowest BCUT2D eigenvalue weighted by Crippen LogP contribution is -2.52. The Bertz CT molecular complexity index is 186. The fraction of sp³-hybridized carbons (Fsp3) is 0.889. The van der Waals surface area contributed by atoms with E-state index in [1.807, 2.05) is 6.92 Å². The summed E-state index contributed by atoms with van der Waals surface area (Å²) in [6.45, 7) is 4.79. The second-order valence-electron chi connectivity index (χ2n) is 3.92. The van der Waals surface area contributed by atoms with Crippen LogP contribution in [0.3, 0.4) is 0 Å². The molecule has 1 rings (SSSR count). The molecule has 0 saturated carbocycles. The molecule has 2 atom stereocenters. The standard InChI is InChI=1S/C9H18N2O2/c1-7(12)6-10-8(13)9(2)4-3-5-11-9/h7,11-12H,3-6H2,1-2H3,(H,10,13)/t7-,9?/m0/s1. The maximum absolute atomic E-state index is 11.6. The van der Waals surface area contributed by atoms with Crippen LogP contribution in [0.4, 0.5) is 0 Å².